The molecular weight excluding hydrogens is 1030 g/mol. The second-order valence-corrected chi connectivity index (χ2v) is 26.2. The van der Waals surface area contributed by atoms with Crippen molar-refractivity contribution in [1.29, 1.82) is 0 Å². The predicted octanol–water partition coefficient (Wildman–Crippen LogP) is 10.7. The summed E-state index contributed by atoms with van der Waals surface area (Å²) in [6, 6.07) is 92.2. The number of rotatable bonds is 9. The zero-order valence-electron chi connectivity index (χ0n) is 36.3. The van der Waals surface area contributed by atoms with Gasteiger partial charge in [-0.1, -0.05) is 182 Å². The standard InChI is InChI=1S/2C18H15P.3C7H7.CO.ClH.Ru.Sn/c2*1-4-10-16(11-5-1)19(17-12-6-2-7-13-17)18-14-8-3-9-15-18;3*1-7-5-3-2-4-6-7;1-2;;;/h2*1-15H;3*3-6H,1H3;;1H;;/q;;;;;;;+1;/p-1. The molecule has 1 nitrogen and oxygen atoms in total. The van der Waals surface area contributed by atoms with Gasteiger partial charge in [-0.2, -0.15) is 0 Å². The van der Waals surface area contributed by atoms with E-state index in [-0.39, 0.29) is 0 Å². The summed E-state index contributed by atoms with van der Waals surface area (Å²) in [7, 11) is 3.68. The maximum atomic E-state index is 7.50. The maximum absolute atomic E-state index is 7.50. The van der Waals surface area contributed by atoms with E-state index in [1.165, 1.54) is 48.5 Å². The van der Waals surface area contributed by atoms with Crippen molar-refractivity contribution in [2.24, 2.45) is 0 Å². The van der Waals surface area contributed by atoms with Crippen molar-refractivity contribution < 1.29 is 22.0 Å². The van der Waals surface area contributed by atoms with Crippen LogP contribution in [0.5, 0.6) is 0 Å². The van der Waals surface area contributed by atoms with Crippen molar-refractivity contribution in [1.82, 2.24) is 0 Å². The molecule has 9 rings (SSSR count). The van der Waals surface area contributed by atoms with Crippen LogP contribution in [0.3, 0.4) is 0 Å². The minimum absolute atomic E-state index is 0.446. The smallest absolute Gasteiger partial charge is 0.0134 e. The third kappa shape index (κ3) is 15.2. The summed E-state index contributed by atoms with van der Waals surface area (Å²) in [6.45, 7) is 11.0. The molecule has 0 aromatic heterocycles. The summed E-state index contributed by atoms with van der Waals surface area (Å²) in [5, 5.41) is 8.39. The van der Waals surface area contributed by atoms with Crippen LogP contribution in [0.2, 0.25) is 0 Å². The van der Waals surface area contributed by atoms with E-state index in [4.69, 9.17) is 4.65 Å². The molecule has 0 spiro atoms. The van der Waals surface area contributed by atoms with Crippen LogP contribution in [0, 0.1) is 27.4 Å². The van der Waals surface area contributed by atoms with E-state index in [2.05, 4.69) is 292 Å². The third-order valence-corrected chi connectivity index (χ3v) is 22.8. The fraction of sp³-hybridized carbons (Fsp3) is 0.0517. The van der Waals surface area contributed by atoms with Crippen molar-refractivity contribution in [3.8, 4) is 0 Å². The van der Waals surface area contributed by atoms with Gasteiger partial charge in [0, 0.05) is 0 Å². The molecular formula is C58H51ClOP2RuSn. The van der Waals surface area contributed by atoms with Gasteiger partial charge in [0.15, 0.2) is 0 Å². The molecule has 6 heteroatoms. The van der Waals surface area contributed by atoms with Gasteiger partial charge in [0.05, 0.1) is 0 Å². The van der Waals surface area contributed by atoms with E-state index in [0.29, 0.717) is 0 Å². The summed E-state index contributed by atoms with van der Waals surface area (Å²) < 4.78 is 12.1. The molecule has 0 saturated carbocycles. The van der Waals surface area contributed by atoms with Crippen molar-refractivity contribution in [2.75, 3.05) is 0 Å². The first-order valence-electron chi connectivity index (χ1n) is 20.9. The Morgan fingerprint density at radius 2 is 0.453 bits per heavy atom. The van der Waals surface area contributed by atoms with Crippen molar-refractivity contribution in [2.45, 2.75) is 20.8 Å². The Morgan fingerprint density at radius 3 is 0.609 bits per heavy atom. The van der Waals surface area contributed by atoms with Crippen LogP contribution in [-0.2, 0) is 22.0 Å². The number of aryl methyl sites for hydroxylation is 3. The zero-order chi connectivity index (χ0) is 45.4. The van der Waals surface area contributed by atoms with Gasteiger partial charge in [0.25, 0.3) is 0 Å². The monoisotopic (exact) mass is 1080 g/mol. The fourth-order valence-electron chi connectivity index (χ4n) is 7.02. The van der Waals surface area contributed by atoms with Gasteiger partial charge >= 0.3 is 179 Å². The first-order chi connectivity index (χ1) is 31.5. The molecule has 9 aromatic carbocycles. The van der Waals surface area contributed by atoms with Crippen LogP contribution < -0.4 is 42.6 Å². The average molecular weight is 1080 g/mol. The Labute approximate surface area is 405 Å². The predicted molar refractivity (Wildman–Crippen MR) is 278 cm³/mol. The van der Waals surface area contributed by atoms with E-state index in [1.54, 1.807) is 10.7 Å². The van der Waals surface area contributed by atoms with E-state index in [1.807, 2.05) is 17.3 Å². The Hall–Kier alpha value is -4.71. The molecule has 0 aliphatic carbocycles. The first-order valence-corrected chi connectivity index (χ1v) is 30.1. The molecule has 9 aromatic rings. The molecule has 0 saturated heterocycles. The molecule has 0 bridgehead atoms. The average Bonchev–Trinajstić information content (AvgIpc) is 3.37. The topological polar surface area (TPSA) is 19.9 Å². The van der Waals surface area contributed by atoms with Gasteiger partial charge < -0.3 is 0 Å². The molecule has 64 heavy (non-hydrogen) atoms. The van der Waals surface area contributed by atoms with Crippen molar-refractivity contribution >= 4 is 87.9 Å². The van der Waals surface area contributed by atoms with E-state index in [0.717, 1.165) is 0 Å². The Bertz CT molecular complexity index is 2220. The molecule has 0 atom stereocenters. The summed E-state index contributed by atoms with van der Waals surface area (Å²) >= 11 is -0.241. The number of benzene rings is 9. The van der Waals surface area contributed by atoms with Gasteiger partial charge in [-0.15, -0.1) is 0 Å². The SMILES string of the molecule is Cc1cc[c]([Sn]([c]2ccc(C)cc2)[c]2ccc(C)cc2)cc1.[C-]#[O+].[Cl][Ru].c1ccc(P(c2ccccc2)c2ccccc2)cc1.c1ccc(P(c2ccccc2)c2ccccc2)cc1. The number of hydrogen-bond acceptors (Lipinski definition) is 0. The van der Waals surface area contributed by atoms with Crippen molar-refractivity contribution in [3.05, 3.63) is 278 Å². The van der Waals surface area contributed by atoms with Gasteiger partial charge in [-0.05, 0) is 47.7 Å². The van der Waals surface area contributed by atoms with Crippen LogP contribution in [0.25, 0.3) is 0 Å². The normalized spacial score (nSPS) is 10.2. The summed E-state index contributed by atoms with van der Waals surface area (Å²) in [6.07, 6.45) is 0. The van der Waals surface area contributed by atoms with Crippen LogP contribution in [-0.4, -0.2) is 19.8 Å². The van der Waals surface area contributed by atoms with E-state index in [9.17, 15) is 0 Å². The quantitative estimate of drug-likeness (QED) is 0.0594. The fourth-order valence-corrected chi connectivity index (χ4v) is 18.8. The number of hydrogen-bond donors (Lipinski definition) is 0. The van der Waals surface area contributed by atoms with E-state index < -0.39 is 35.6 Å². The zero-order valence-corrected chi connectivity index (χ0v) is 43.4. The van der Waals surface area contributed by atoms with Crippen molar-refractivity contribution in [3.63, 3.8) is 0 Å². The molecule has 0 unspecified atom stereocenters. The van der Waals surface area contributed by atoms with Gasteiger partial charge in [-0.3, -0.25) is 0 Å². The first kappa shape index (κ1) is 50.3. The minimum Gasteiger partial charge on any atom is -0.0622 e. The minimum atomic E-state index is -2.06. The summed E-state index contributed by atoms with van der Waals surface area (Å²) in [5.74, 6) is 0. The molecule has 0 fully saturated rings. The number of halogens is 1. The molecule has 318 valence electrons. The Kier molecular flexibility index (Phi) is 22.2. The molecule has 0 amide bonds. The Balaban J connectivity index is 0.000000174. The molecule has 0 heterocycles. The van der Waals surface area contributed by atoms with Crippen LogP contribution in [0.15, 0.2) is 255 Å². The van der Waals surface area contributed by atoms with Crippen LogP contribution in [0.1, 0.15) is 16.7 Å². The molecule has 0 aliphatic rings. The maximum Gasteiger partial charge on any atom is -0.0134 e. The third-order valence-electron chi connectivity index (χ3n) is 10.1. The Morgan fingerprint density at radius 1 is 0.297 bits per heavy atom. The van der Waals surface area contributed by atoms with Crippen LogP contribution in [0.4, 0.5) is 0 Å². The van der Waals surface area contributed by atoms with Gasteiger partial charge in [0.2, 0.25) is 0 Å². The second-order valence-electron chi connectivity index (χ2n) is 14.7. The van der Waals surface area contributed by atoms with Gasteiger partial charge in [0.1, 0.15) is 0 Å². The molecule has 0 aliphatic heterocycles. The molecule has 0 N–H and O–H groups in total. The second kappa shape index (κ2) is 28.3. The van der Waals surface area contributed by atoms with Gasteiger partial charge in [-0.25, -0.2) is 0 Å². The summed E-state index contributed by atoms with van der Waals surface area (Å²) in [5.41, 5.74) is 4.00. The molecule has 1 radical (unpaired) electrons. The summed E-state index contributed by atoms with van der Waals surface area (Å²) in [4.78, 5) is 0. The van der Waals surface area contributed by atoms with E-state index >= 15 is 0 Å². The van der Waals surface area contributed by atoms with Crippen LogP contribution >= 0.6 is 25.5 Å². The largest absolute Gasteiger partial charge is 0.0622 e.